The van der Waals surface area contributed by atoms with Crippen molar-refractivity contribution in [2.24, 2.45) is 10.9 Å². The van der Waals surface area contributed by atoms with Gasteiger partial charge in [-0.25, -0.2) is 4.79 Å². The van der Waals surface area contributed by atoms with Crippen molar-refractivity contribution in [3.05, 3.63) is 40.5 Å². The first-order valence-corrected chi connectivity index (χ1v) is 14.8. The zero-order valence-corrected chi connectivity index (χ0v) is 23.1. The lowest BCUT2D eigenvalue weighted by Gasteiger charge is -2.49. The number of amides is 2. The second-order valence-electron chi connectivity index (χ2n) is 7.82. The minimum atomic E-state index is -1.26. The number of carbonyl (C=O) groups is 3. The molecule has 206 valence electrons. The monoisotopic (exact) mass is 610 g/mol. The fourth-order valence-electron chi connectivity index (χ4n) is 3.60. The van der Waals surface area contributed by atoms with Crippen molar-refractivity contribution in [2.75, 3.05) is 23.8 Å². The van der Waals surface area contributed by atoms with E-state index < -0.39 is 34.9 Å². The van der Waals surface area contributed by atoms with E-state index in [1.807, 2.05) is 0 Å². The van der Waals surface area contributed by atoms with E-state index in [0.717, 1.165) is 26.9 Å². The lowest BCUT2D eigenvalue weighted by Crippen LogP contribution is -2.71. The number of β-lactam (4-membered cyclic amide) rings is 1. The molecule has 0 bridgehead atoms. The van der Waals surface area contributed by atoms with Crippen molar-refractivity contribution in [1.29, 1.82) is 5.41 Å². The van der Waals surface area contributed by atoms with Gasteiger partial charge in [0.1, 0.15) is 17.1 Å². The largest absolute Gasteiger partial charge is 0.477 e. The number of anilines is 1. The van der Waals surface area contributed by atoms with Crippen LogP contribution >= 0.6 is 46.8 Å². The summed E-state index contributed by atoms with van der Waals surface area (Å²) < 4.78 is 3.83. The summed E-state index contributed by atoms with van der Waals surface area (Å²) >= 11 is 4.97. The van der Waals surface area contributed by atoms with Gasteiger partial charge in [-0.05, 0) is 11.6 Å². The SMILES string of the molecule is N=C(N)NCCSCc1cnccc1SC1=C(C(=O)O)N2C(=O)[C@@H](NC(=O)/C(=N\O)c3nsc(N)n3)[C@@H]2SC1. The third-order valence-corrected chi connectivity index (χ3v) is 9.52. The molecule has 0 unspecified atom stereocenters. The zero-order chi connectivity index (χ0) is 28.1. The van der Waals surface area contributed by atoms with Crippen molar-refractivity contribution >= 4 is 81.4 Å². The van der Waals surface area contributed by atoms with Crippen LogP contribution in [-0.2, 0) is 20.1 Å². The lowest BCUT2D eigenvalue weighted by molar-refractivity contribution is -0.150. The second kappa shape index (κ2) is 12.5. The summed E-state index contributed by atoms with van der Waals surface area (Å²) in [5.74, 6) is -1.47. The Hall–Kier alpha value is -3.55. The van der Waals surface area contributed by atoms with Crippen LogP contribution in [0.4, 0.5) is 5.13 Å². The Labute approximate surface area is 237 Å². The molecule has 9 N–H and O–H groups in total. The molecule has 4 heterocycles. The first-order valence-electron chi connectivity index (χ1n) is 11.0. The molecule has 4 rings (SSSR count). The molecule has 0 spiro atoms. The molecule has 19 heteroatoms. The first kappa shape index (κ1) is 28.5. The number of rotatable bonds is 11. The minimum absolute atomic E-state index is 0.0647. The van der Waals surface area contributed by atoms with Crippen LogP contribution in [0.15, 0.2) is 39.1 Å². The minimum Gasteiger partial charge on any atom is -0.477 e. The summed E-state index contributed by atoms with van der Waals surface area (Å²) in [6.07, 6.45) is 3.32. The summed E-state index contributed by atoms with van der Waals surface area (Å²) in [6, 6.07) is 0.751. The van der Waals surface area contributed by atoms with Gasteiger partial charge in [0, 0.05) is 57.5 Å². The van der Waals surface area contributed by atoms with Gasteiger partial charge < -0.3 is 32.4 Å². The fourth-order valence-corrected chi connectivity index (χ4v) is 7.53. The highest BCUT2D eigenvalue weighted by Gasteiger charge is 2.54. The molecule has 2 aliphatic rings. The van der Waals surface area contributed by atoms with Gasteiger partial charge in [0.2, 0.25) is 11.5 Å². The van der Waals surface area contributed by atoms with Crippen LogP contribution < -0.4 is 22.1 Å². The van der Waals surface area contributed by atoms with E-state index in [-0.39, 0.29) is 28.4 Å². The Morgan fingerprint density at radius 3 is 2.85 bits per heavy atom. The van der Waals surface area contributed by atoms with Gasteiger partial charge in [-0.15, -0.1) is 11.8 Å². The molecule has 2 amide bonds. The number of hydrogen-bond donors (Lipinski definition) is 7. The summed E-state index contributed by atoms with van der Waals surface area (Å²) in [7, 11) is 0. The summed E-state index contributed by atoms with van der Waals surface area (Å²) in [6.45, 7) is 0.532. The maximum Gasteiger partial charge on any atom is 0.353 e. The lowest BCUT2D eigenvalue weighted by atomic mass is 10.0. The maximum atomic E-state index is 13.0. The van der Waals surface area contributed by atoms with Crippen LogP contribution in [0.5, 0.6) is 0 Å². The van der Waals surface area contributed by atoms with E-state index in [0.29, 0.717) is 23.0 Å². The second-order valence-corrected chi connectivity index (χ2v) is 12.0. The number of nitrogen functional groups attached to an aromatic ring is 1. The fraction of sp³-hybridized carbons (Fsp3) is 0.300. The van der Waals surface area contributed by atoms with Gasteiger partial charge in [-0.1, -0.05) is 16.9 Å². The molecule has 1 fully saturated rings. The molecule has 0 aliphatic carbocycles. The Bertz CT molecular complexity index is 1370. The van der Waals surface area contributed by atoms with Gasteiger partial charge in [0.15, 0.2) is 11.1 Å². The van der Waals surface area contributed by atoms with Gasteiger partial charge in [-0.2, -0.15) is 21.1 Å². The summed E-state index contributed by atoms with van der Waals surface area (Å²) in [4.78, 5) is 48.3. The van der Waals surface area contributed by atoms with Gasteiger partial charge in [0.05, 0.1) is 0 Å². The molecule has 15 nitrogen and oxygen atoms in total. The summed E-state index contributed by atoms with van der Waals surface area (Å²) in [5.41, 5.74) is 11.0. The van der Waals surface area contributed by atoms with E-state index in [1.54, 1.807) is 30.2 Å². The number of nitrogens with zero attached hydrogens (tertiary/aromatic N) is 5. The molecule has 39 heavy (non-hydrogen) atoms. The molecule has 1 saturated heterocycles. The van der Waals surface area contributed by atoms with Crippen LogP contribution in [0.1, 0.15) is 11.4 Å². The number of aromatic nitrogens is 3. The van der Waals surface area contributed by atoms with Crippen molar-refractivity contribution < 1.29 is 24.7 Å². The van der Waals surface area contributed by atoms with Crippen molar-refractivity contribution in [2.45, 2.75) is 22.1 Å². The highest BCUT2D eigenvalue weighted by atomic mass is 32.2. The van der Waals surface area contributed by atoms with E-state index in [4.69, 9.17) is 16.9 Å². The number of hydrogen-bond acceptors (Lipinski definition) is 14. The molecular formula is C20H22N10O5S4. The predicted molar refractivity (Wildman–Crippen MR) is 149 cm³/mol. The third-order valence-electron chi connectivity index (χ3n) is 5.30. The number of carboxylic acid groups (broad SMARTS) is 1. The molecule has 0 saturated carbocycles. The van der Waals surface area contributed by atoms with Crippen LogP contribution in [0, 0.1) is 5.41 Å². The van der Waals surface area contributed by atoms with E-state index in [2.05, 4.69) is 30.1 Å². The summed E-state index contributed by atoms with van der Waals surface area (Å²) in [5, 5.41) is 34.0. The standard InChI is InChI=1S/C20H22N10O5S4/c21-19(22)25-3-4-36-6-8-5-24-2-1-9(8)38-10-7-37-17-12(16(32)30(17)13(10)18(33)34)26-15(31)11(28-35)14-27-20(23)39-29-14/h1-2,5,12,17,35H,3-4,6-7H2,(H,26,31)(H,33,34)(H4,21,22,25)(H2,23,27,29)/b28-11-/t12-,17+/m1/s1. The number of oxime groups is 1. The smallest absolute Gasteiger partial charge is 0.353 e. The number of aliphatic carboxylic acids is 1. The Morgan fingerprint density at radius 1 is 1.38 bits per heavy atom. The number of fused-ring (bicyclic) bond motifs is 1. The van der Waals surface area contributed by atoms with Crippen LogP contribution in [-0.4, -0.2) is 88.5 Å². The normalized spacial score (nSPS) is 18.8. The molecule has 2 atom stereocenters. The third kappa shape index (κ3) is 6.37. The maximum absolute atomic E-state index is 13.0. The first-order chi connectivity index (χ1) is 18.7. The number of nitrogens with two attached hydrogens (primary N) is 2. The number of guanidine groups is 1. The molecular weight excluding hydrogens is 589 g/mol. The van der Waals surface area contributed by atoms with Gasteiger partial charge in [0.25, 0.3) is 11.8 Å². The molecule has 2 aromatic rings. The highest BCUT2D eigenvalue weighted by molar-refractivity contribution is 8.06. The Morgan fingerprint density at radius 2 is 2.18 bits per heavy atom. The van der Waals surface area contributed by atoms with E-state index in [9.17, 15) is 24.7 Å². The average Bonchev–Trinajstić information content (AvgIpc) is 3.33. The van der Waals surface area contributed by atoms with Crippen LogP contribution in [0.3, 0.4) is 0 Å². The van der Waals surface area contributed by atoms with Crippen LogP contribution in [0.2, 0.25) is 0 Å². The van der Waals surface area contributed by atoms with Crippen LogP contribution in [0.25, 0.3) is 0 Å². The Balaban J connectivity index is 1.46. The zero-order valence-electron chi connectivity index (χ0n) is 19.9. The number of carboxylic acids is 1. The van der Waals surface area contributed by atoms with Crippen molar-refractivity contribution in [3.63, 3.8) is 0 Å². The van der Waals surface area contributed by atoms with Crippen molar-refractivity contribution in [3.8, 4) is 0 Å². The molecule has 2 aromatic heterocycles. The quantitative estimate of drug-likeness (QED) is 0.0438. The van der Waals surface area contributed by atoms with E-state index >= 15 is 0 Å². The topological polar surface area (TPSA) is 246 Å². The molecule has 0 aromatic carbocycles. The molecule has 0 radical (unpaired) electrons. The predicted octanol–water partition coefficient (Wildman–Crippen LogP) is -0.102. The Kier molecular flexibility index (Phi) is 9.15. The average molecular weight is 611 g/mol. The number of pyridine rings is 1. The van der Waals surface area contributed by atoms with Crippen molar-refractivity contribution in [1.82, 2.24) is 29.9 Å². The van der Waals surface area contributed by atoms with Gasteiger partial charge in [-0.3, -0.25) is 24.9 Å². The molecule has 2 aliphatic heterocycles. The highest BCUT2D eigenvalue weighted by Crippen LogP contribution is 2.45. The van der Waals surface area contributed by atoms with Gasteiger partial charge >= 0.3 is 5.97 Å². The van der Waals surface area contributed by atoms with E-state index in [1.165, 1.54) is 23.5 Å². The number of nitrogens with one attached hydrogen (secondary N) is 3. The number of carbonyl (C=O) groups excluding carboxylic acids is 2. The number of thioether (sulfide) groups is 3.